The van der Waals surface area contributed by atoms with Gasteiger partial charge in [-0.05, 0) is 34.1 Å². The van der Waals surface area contributed by atoms with Crippen LogP contribution in [0.3, 0.4) is 0 Å². The lowest BCUT2D eigenvalue weighted by atomic mass is 10.1. The molecule has 1 amide bonds. The van der Waals surface area contributed by atoms with E-state index < -0.39 is 23.6 Å². The molecule has 0 aliphatic carbocycles. The Balaban J connectivity index is 2.57. The molecule has 0 spiro atoms. The molecule has 0 aliphatic heterocycles. The smallest absolute Gasteiger partial charge is 0.328 e. The number of carbonyl (C=O) groups excluding carboxylic acids is 3. The van der Waals surface area contributed by atoms with Crippen LogP contribution in [0.25, 0.3) is 0 Å². The summed E-state index contributed by atoms with van der Waals surface area (Å²) in [5.41, 5.74) is 0.0505. The maximum atomic E-state index is 12.1. The SMILES string of the molecule is COC(=O)C(CCC(=O)OC(C)(C)C)NC(=O)Cc1csc(C)n1. The molecule has 0 fully saturated rings. The number of methoxy groups -OCH3 is 1. The molecular formula is C16H24N2O5S. The second-order valence-corrected chi connectivity index (χ2v) is 7.37. The number of ether oxygens (including phenoxy) is 2. The average Bonchev–Trinajstić information content (AvgIpc) is 2.85. The highest BCUT2D eigenvalue weighted by molar-refractivity contribution is 7.09. The summed E-state index contributed by atoms with van der Waals surface area (Å²) in [4.78, 5) is 39.8. The number of carbonyl (C=O) groups is 3. The van der Waals surface area contributed by atoms with E-state index in [-0.39, 0.29) is 25.2 Å². The third kappa shape index (κ3) is 7.54. The number of aryl methyl sites for hydroxylation is 1. The molecule has 0 saturated carbocycles. The lowest BCUT2D eigenvalue weighted by Crippen LogP contribution is -2.42. The second-order valence-electron chi connectivity index (χ2n) is 6.30. The van der Waals surface area contributed by atoms with E-state index in [1.165, 1.54) is 18.4 Å². The number of nitrogens with zero attached hydrogens (tertiary/aromatic N) is 1. The number of nitrogens with one attached hydrogen (secondary N) is 1. The van der Waals surface area contributed by atoms with Crippen LogP contribution in [0.15, 0.2) is 5.38 Å². The van der Waals surface area contributed by atoms with Gasteiger partial charge in [-0.1, -0.05) is 0 Å². The number of rotatable bonds is 7. The van der Waals surface area contributed by atoms with Crippen molar-refractivity contribution in [1.82, 2.24) is 10.3 Å². The predicted molar refractivity (Wildman–Crippen MR) is 89.6 cm³/mol. The van der Waals surface area contributed by atoms with Crippen LogP contribution in [0.4, 0.5) is 0 Å². The molecule has 0 aliphatic rings. The van der Waals surface area contributed by atoms with Gasteiger partial charge >= 0.3 is 11.9 Å². The molecule has 1 unspecified atom stereocenters. The van der Waals surface area contributed by atoms with Gasteiger partial charge in [0.15, 0.2) is 0 Å². The molecule has 8 heteroatoms. The molecule has 1 atom stereocenters. The van der Waals surface area contributed by atoms with E-state index in [9.17, 15) is 14.4 Å². The molecule has 0 radical (unpaired) electrons. The summed E-state index contributed by atoms with van der Waals surface area (Å²) in [6.07, 6.45) is 0.195. The largest absolute Gasteiger partial charge is 0.467 e. The number of hydrogen-bond donors (Lipinski definition) is 1. The first-order valence-corrected chi connectivity index (χ1v) is 8.48. The van der Waals surface area contributed by atoms with Crippen LogP contribution < -0.4 is 5.32 Å². The zero-order chi connectivity index (χ0) is 18.3. The van der Waals surface area contributed by atoms with Crippen LogP contribution in [-0.4, -0.2) is 41.6 Å². The number of hydrogen-bond acceptors (Lipinski definition) is 7. The van der Waals surface area contributed by atoms with Gasteiger partial charge in [-0.15, -0.1) is 11.3 Å². The third-order valence-corrected chi connectivity index (χ3v) is 3.71. The first-order chi connectivity index (χ1) is 11.1. The van der Waals surface area contributed by atoms with E-state index >= 15 is 0 Å². The van der Waals surface area contributed by atoms with Gasteiger partial charge in [0.2, 0.25) is 5.91 Å². The van der Waals surface area contributed by atoms with Crippen molar-refractivity contribution in [2.75, 3.05) is 7.11 Å². The molecule has 0 aromatic carbocycles. The van der Waals surface area contributed by atoms with Gasteiger partial charge in [-0.2, -0.15) is 0 Å². The standard InChI is InChI=1S/C16H24N2O5S/c1-10-17-11(9-24-10)8-13(19)18-12(15(21)22-5)6-7-14(20)23-16(2,3)4/h9,12H,6-8H2,1-5H3,(H,18,19). The monoisotopic (exact) mass is 356 g/mol. The minimum atomic E-state index is -0.894. The summed E-state index contributed by atoms with van der Waals surface area (Å²) >= 11 is 1.45. The van der Waals surface area contributed by atoms with Gasteiger partial charge in [0, 0.05) is 11.8 Å². The fraction of sp³-hybridized carbons (Fsp3) is 0.625. The van der Waals surface area contributed by atoms with Crippen LogP contribution in [0.2, 0.25) is 0 Å². The quantitative estimate of drug-likeness (QED) is 0.748. The highest BCUT2D eigenvalue weighted by Gasteiger charge is 2.24. The minimum absolute atomic E-state index is 0.00707. The summed E-state index contributed by atoms with van der Waals surface area (Å²) in [7, 11) is 1.23. The Bertz CT molecular complexity index is 592. The Morgan fingerprint density at radius 1 is 1.33 bits per heavy atom. The van der Waals surface area contributed by atoms with Crippen molar-refractivity contribution in [3.8, 4) is 0 Å². The van der Waals surface area contributed by atoms with Crippen molar-refractivity contribution in [1.29, 1.82) is 0 Å². The number of thiazole rings is 1. The lowest BCUT2D eigenvalue weighted by molar-refractivity contribution is -0.155. The van der Waals surface area contributed by atoms with Crippen LogP contribution in [0.5, 0.6) is 0 Å². The van der Waals surface area contributed by atoms with E-state index in [0.29, 0.717) is 5.69 Å². The molecule has 1 rings (SSSR count). The Kier molecular flexibility index (Phi) is 7.34. The zero-order valence-electron chi connectivity index (χ0n) is 14.7. The lowest BCUT2D eigenvalue weighted by Gasteiger charge is -2.21. The molecule has 1 heterocycles. The van der Waals surface area contributed by atoms with Crippen molar-refractivity contribution in [3.63, 3.8) is 0 Å². The Hall–Kier alpha value is -1.96. The molecule has 0 saturated heterocycles. The Labute approximate surface area is 145 Å². The van der Waals surface area contributed by atoms with Gasteiger partial charge in [0.1, 0.15) is 11.6 Å². The first kappa shape index (κ1) is 20.1. The third-order valence-electron chi connectivity index (χ3n) is 2.89. The second kappa shape index (κ2) is 8.77. The van der Waals surface area contributed by atoms with Crippen LogP contribution in [0.1, 0.15) is 44.3 Å². The van der Waals surface area contributed by atoms with Gasteiger partial charge in [-0.3, -0.25) is 9.59 Å². The van der Waals surface area contributed by atoms with E-state index in [2.05, 4.69) is 15.0 Å². The van der Waals surface area contributed by atoms with Crippen LogP contribution in [-0.2, 0) is 30.3 Å². The summed E-state index contributed by atoms with van der Waals surface area (Å²) < 4.78 is 9.87. The summed E-state index contributed by atoms with van der Waals surface area (Å²) in [5.74, 6) is -1.37. The highest BCUT2D eigenvalue weighted by Crippen LogP contribution is 2.11. The fourth-order valence-electron chi connectivity index (χ4n) is 1.95. The molecule has 24 heavy (non-hydrogen) atoms. The van der Waals surface area contributed by atoms with Gasteiger partial charge in [-0.25, -0.2) is 9.78 Å². The summed E-state index contributed by atoms with van der Waals surface area (Å²) in [6.45, 7) is 7.14. The average molecular weight is 356 g/mol. The molecule has 0 bridgehead atoms. The maximum absolute atomic E-state index is 12.1. The molecular weight excluding hydrogens is 332 g/mol. The number of esters is 2. The van der Waals surface area contributed by atoms with E-state index in [0.717, 1.165) is 5.01 Å². The first-order valence-electron chi connectivity index (χ1n) is 7.60. The van der Waals surface area contributed by atoms with Gasteiger partial charge in [0.05, 0.1) is 24.2 Å². The highest BCUT2D eigenvalue weighted by atomic mass is 32.1. The number of amides is 1. The molecule has 1 N–H and O–H groups in total. The van der Waals surface area contributed by atoms with E-state index in [1.807, 2.05) is 6.92 Å². The van der Waals surface area contributed by atoms with Crippen molar-refractivity contribution in [2.24, 2.45) is 0 Å². The van der Waals surface area contributed by atoms with Gasteiger partial charge in [0.25, 0.3) is 0 Å². The van der Waals surface area contributed by atoms with E-state index in [1.54, 1.807) is 26.2 Å². The molecule has 1 aromatic rings. The Morgan fingerprint density at radius 2 is 2.00 bits per heavy atom. The van der Waals surface area contributed by atoms with Crippen molar-refractivity contribution >= 4 is 29.2 Å². The molecule has 134 valence electrons. The van der Waals surface area contributed by atoms with Crippen LogP contribution in [0, 0.1) is 6.92 Å². The Morgan fingerprint density at radius 3 is 2.50 bits per heavy atom. The van der Waals surface area contributed by atoms with Crippen LogP contribution >= 0.6 is 11.3 Å². The fourth-order valence-corrected chi connectivity index (χ4v) is 2.56. The van der Waals surface area contributed by atoms with Crippen molar-refractivity contribution < 1.29 is 23.9 Å². The molecule has 1 aromatic heterocycles. The number of aromatic nitrogens is 1. The van der Waals surface area contributed by atoms with E-state index in [4.69, 9.17) is 4.74 Å². The summed E-state index contributed by atoms with van der Waals surface area (Å²) in [6, 6.07) is -0.894. The van der Waals surface area contributed by atoms with Gasteiger partial charge < -0.3 is 14.8 Å². The van der Waals surface area contributed by atoms with Crippen molar-refractivity contribution in [2.45, 2.75) is 58.6 Å². The normalized spacial score (nSPS) is 12.4. The topological polar surface area (TPSA) is 94.6 Å². The van der Waals surface area contributed by atoms with Crippen molar-refractivity contribution in [3.05, 3.63) is 16.1 Å². The molecule has 7 nitrogen and oxygen atoms in total. The predicted octanol–water partition coefficient (Wildman–Crippen LogP) is 1.77. The zero-order valence-corrected chi connectivity index (χ0v) is 15.5. The summed E-state index contributed by atoms with van der Waals surface area (Å²) in [5, 5.41) is 5.25. The minimum Gasteiger partial charge on any atom is -0.467 e. The maximum Gasteiger partial charge on any atom is 0.328 e.